The van der Waals surface area contributed by atoms with Gasteiger partial charge in [-0.3, -0.25) is 9.78 Å². The number of rotatable bonds is 5. The lowest BCUT2D eigenvalue weighted by Gasteiger charge is -2.25. The fraction of sp³-hybridized carbons (Fsp3) is 0.375. The Balaban J connectivity index is 1.67. The van der Waals surface area contributed by atoms with Gasteiger partial charge in [-0.1, -0.05) is 12.8 Å². The van der Waals surface area contributed by atoms with Gasteiger partial charge in [0.15, 0.2) is 0 Å². The highest BCUT2D eigenvalue weighted by atomic mass is 32.1. The highest BCUT2D eigenvalue weighted by Gasteiger charge is 2.42. The van der Waals surface area contributed by atoms with Crippen molar-refractivity contribution in [3.63, 3.8) is 0 Å². The molecule has 1 amide bonds. The predicted octanol–water partition coefficient (Wildman–Crippen LogP) is 2.26. The fourth-order valence-electron chi connectivity index (χ4n) is 2.86. The van der Waals surface area contributed by atoms with Crippen molar-refractivity contribution in [2.24, 2.45) is 0 Å². The van der Waals surface area contributed by atoms with Crippen molar-refractivity contribution in [1.82, 2.24) is 15.3 Å². The second-order valence-corrected chi connectivity index (χ2v) is 6.56. The van der Waals surface area contributed by atoms with Crippen molar-refractivity contribution in [3.8, 4) is 10.6 Å². The summed E-state index contributed by atoms with van der Waals surface area (Å²) in [7, 11) is 0. The molecule has 0 spiro atoms. The molecule has 6 nitrogen and oxygen atoms in total. The van der Waals surface area contributed by atoms with Crippen LogP contribution in [-0.2, 0) is 16.0 Å². The lowest BCUT2D eigenvalue weighted by Crippen LogP contribution is -2.52. The van der Waals surface area contributed by atoms with E-state index in [1.54, 1.807) is 12.4 Å². The van der Waals surface area contributed by atoms with Crippen LogP contribution in [0.5, 0.6) is 0 Å². The number of thiazole rings is 1. The van der Waals surface area contributed by atoms with Crippen LogP contribution in [0.2, 0.25) is 0 Å². The van der Waals surface area contributed by atoms with Gasteiger partial charge in [0, 0.05) is 23.3 Å². The Kier molecular flexibility index (Phi) is 4.38. The molecule has 1 aliphatic rings. The van der Waals surface area contributed by atoms with E-state index in [1.807, 2.05) is 17.5 Å². The van der Waals surface area contributed by atoms with Gasteiger partial charge in [-0.2, -0.15) is 0 Å². The van der Waals surface area contributed by atoms with Crippen molar-refractivity contribution in [3.05, 3.63) is 35.6 Å². The molecule has 120 valence electrons. The highest BCUT2D eigenvalue weighted by molar-refractivity contribution is 7.13. The number of carboxylic acid groups (broad SMARTS) is 1. The van der Waals surface area contributed by atoms with Gasteiger partial charge >= 0.3 is 5.97 Å². The minimum absolute atomic E-state index is 0.0891. The molecule has 0 unspecified atom stereocenters. The molecule has 0 radical (unpaired) electrons. The zero-order valence-corrected chi connectivity index (χ0v) is 13.3. The maximum absolute atomic E-state index is 12.2. The summed E-state index contributed by atoms with van der Waals surface area (Å²) in [5.41, 5.74) is 0.450. The van der Waals surface area contributed by atoms with E-state index in [2.05, 4.69) is 15.3 Å². The van der Waals surface area contributed by atoms with Crippen molar-refractivity contribution >= 4 is 23.2 Å². The van der Waals surface area contributed by atoms with E-state index in [0.717, 1.165) is 23.4 Å². The van der Waals surface area contributed by atoms with Crippen LogP contribution in [0.4, 0.5) is 0 Å². The van der Waals surface area contributed by atoms with Gasteiger partial charge < -0.3 is 10.4 Å². The molecule has 2 heterocycles. The van der Waals surface area contributed by atoms with E-state index in [9.17, 15) is 14.7 Å². The van der Waals surface area contributed by atoms with Crippen LogP contribution >= 0.6 is 11.3 Å². The van der Waals surface area contributed by atoms with Crippen LogP contribution < -0.4 is 5.32 Å². The Hall–Kier alpha value is -2.28. The number of amides is 1. The van der Waals surface area contributed by atoms with Crippen molar-refractivity contribution in [1.29, 1.82) is 0 Å². The van der Waals surface area contributed by atoms with Gasteiger partial charge in [-0.05, 0) is 25.0 Å². The summed E-state index contributed by atoms with van der Waals surface area (Å²) in [5.74, 6) is -1.24. The summed E-state index contributed by atoms with van der Waals surface area (Å²) < 4.78 is 0. The number of hydrogen-bond donors (Lipinski definition) is 2. The molecule has 2 aromatic heterocycles. The normalized spacial score (nSPS) is 16.2. The smallest absolute Gasteiger partial charge is 0.329 e. The highest BCUT2D eigenvalue weighted by Crippen LogP contribution is 2.30. The number of carboxylic acids is 1. The number of nitrogens with one attached hydrogen (secondary N) is 1. The van der Waals surface area contributed by atoms with Gasteiger partial charge in [0.2, 0.25) is 5.91 Å². The molecule has 1 aliphatic carbocycles. The van der Waals surface area contributed by atoms with Gasteiger partial charge in [-0.15, -0.1) is 11.3 Å². The number of carbonyl (C=O) groups excluding carboxylic acids is 1. The van der Waals surface area contributed by atoms with Crippen LogP contribution in [0, 0.1) is 0 Å². The maximum atomic E-state index is 12.2. The lowest BCUT2D eigenvalue weighted by atomic mass is 9.97. The fourth-order valence-corrected chi connectivity index (χ4v) is 3.67. The first-order chi connectivity index (χ1) is 11.1. The Morgan fingerprint density at radius 2 is 2.13 bits per heavy atom. The van der Waals surface area contributed by atoms with E-state index < -0.39 is 11.5 Å². The number of carbonyl (C=O) groups is 2. The first kappa shape index (κ1) is 15.6. The molecular weight excluding hydrogens is 314 g/mol. The Bertz CT molecular complexity index is 708. The minimum Gasteiger partial charge on any atom is -0.480 e. The van der Waals surface area contributed by atoms with Gasteiger partial charge in [0.05, 0.1) is 12.1 Å². The van der Waals surface area contributed by atoms with Crippen LogP contribution in [0.15, 0.2) is 29.9 Å². The topological polar surface area (TPSA) is 92.2 Å². The van der Waals surface area contributed by atoms with Gasteiger partial charge in [-0.25, -0.2) is 9.78 Å². The van der Waals surface area contributed by atoms with Crippen LogP contribution in [0.3, 0.4) is 0 Å². The number of pyridine rings is 1. The second-order valence-electron chi connectivity index (χ2n) is 5.71. The van der Waals surface area contributed by atoms with Crippen LogP contribution in [0.25, 0.3) is 10.6 Å². The first-order valence-corrected chi connectivity index (χ1v) is 8.36. The predicted molar refractivity (Wildman–Crippen MR) is 86.0 cm³/mol. The largest absolute Gasteiger partial charge is 0.480 e. The lowest BCUT2D eigenvalue weighted by molar-refractivity contribution is -0.147. The molecular formula is C16H17N3O3S. The summed E-state index contributed by atoms with van der Waals surface area (Å²) >= 11 is 1.45. The SMILES string of the molecule is O=C(Cc1csc(-c2cccnc2)n1)NC1(C(=O)O)CCCC1. The second kappa shape index (κ2) is 6.45. The van der Waals surface area contributed by atoms with E-state index in [4.69, 9.17) is 0 Å². The van der Waals surface area contributed by atoms with Crippen LogP contribution in [0.1, 0.15) is 31.4 Å². The molecule has 0 atom stereocenters. The maximum Gasteiger partial charge on any atom is 0.329 e. The summed E-state index contributed by atoms with van der Waals surface area (Å²) in [5, 5.41) is 14.7. The zero-order chi connectivity index (χ0) is 16.3. The molecule has 0 bridgehead atoms. The molecule has 0 aliphatic heterocycles. The Labute approximate surface area is 137 Å². The zero-order valence-electron chi connectivity index (χ0n) is 12.5. The van der Waals surface area contributed by atoms with E-state index in [1.165, 1.54) is 11.3 Å². The van der Waals surface area contributed by atoms with E-state index in [-0.39, 0.29) is 12.3 Å². The summed E-state index contributed by atoms with van der Waals surface area (Å²) in [4.78, 5) is 32.2. The molecule has 0 saturated heterocycles. The first-order valence-electron chi connectivity index (χ1n) is 7.48. The van der Waals surface area contributed by atoms with E-state index in [0.29, 0.717) is 18.5 Å². The monoisotopic (exact) mass is 331 g/mol. The number of aromatic nitrogens is 2. The van der Waals surface area contributed by atoms with E-state index >= 15 is 0 Å². The molecule has 1 fully saturated rings. The Morgan fingerprint density at radius 3 is 2.78 bits per heavy atom. The van der Waals surface area contributed by atoms with Gasteiger partial charge in [0.1, 0.15) is 10.5 Å². The van der Waals surface area contributed by atoms with Crippen molar-refractivity contribution in [2.45, 2.75) is 37.6 Å². The standard InChI is InChI=1S/C16H17N3O3S/c20-13(19-16(15(21)22)5-1-2-6-16)8-12-10-23-14(18-12)11-4-3-7-17-9-11/h3-4,7,9-10H,1-2,5-6,8H2,(H,19,20)(H,21,22). The third-order valence-corrected chi connectivity index (χ3v) is 4.99. The number of hydrogen-bond acceptors (Lipinski definition) is 5. The molecule has 0 aromatic carbocycles. The quantitative estimate of drug-likeness (QED) is 0.877. The Morgan fingerprint density at radius 1 is 1.35 bits per heavy atom. The van der Waals surface area contributed by atoms with Crippen molar-refractivity contribution in [2.75, 3.05) is 0 Å². The van der Waals surface area contributed by atoms with Crippen LogP contribution in [-0.4, -0.2) is 32.5 Å². The third-order valence-electron chi connectivity index (χ3n) is 4.05. The third kappa shape index (κ3) is 3.39. The minimum atomic E-state index is -1.10. The molecule has 3 rings (SSSR count). The number of nitrogens with zero attached hydrogens (tertiary/aromatic N) is 2. The molecule has 23 heavy (non-hydrogen) atoms. The molecule has 1 saturated carbocycles. The summed E-state index contributed by atoms with van der Waals surface area (Å²) in [6, 6.07) is 3.74. The molecule has 2 N–H and O–H groups in total. The molecule has 2 aromatic rings. The van der Waals surface area contributed by atoms with Crippen molar-refractivity contribution < 1.29 is 14.7 Å². The molecule has 7 heteroatoms. The number of aliphatic carboxylic acids is 1. The van der Waals surface area contributed by atoms with Gasteiger partial charge in [0.25, 0.3) is 0 Å². The average Bonchev–Trinajstić information content (AvgIpc) is 3.18. The summed E-state index contributed by atoms with van der Waals surface area (Å²) in [6.07, 6.45) is 6.14. The summed E-state index contributed by atoms with van der Waals surface area (Å²) in [6.45, 7) is 0. The average molecular weight is 331 g/mol.